The van der Waals surface area contributed by atoms with E-state index in [0.29, 0.717) is 0 Å². The van der Waals surface area contributed by atoms with Crippen LogP contribution in [0.2, 0.25) is 0 Å². The summed E-state index contributed by atoms with van der Waals surface area (Å²) in [6.45, 7) is 10.1. The summed E-state index contributed by atoms with van der Waals surface area (Å²) >= 11 is 0. The largest absolute Gasteiger partial charge is 0.491 e. The van der Waals surface area contributed by atoms with Crippen LogP contribution in [0.1, 0.15) is 33.4 Å². The minimum Gasteiger partial charge on any atom is -0.491 e. The van der Waals surface area contributed by atoms with Crippen molar-refractivity contribution in [1.82, 2.24) is 4.98 Å². The smallest absolute Gasteiger partial charge is 0.119 e. The van der Waals surface area contributed by atoms with Gasteiger partial charge in [0.1, 0.15) is 11.5 Å². The molecule has 0 spiro atoms. The van der Waals surface area contributed by atoms with E-state index in [-0.39, 0.29) is 12.2 Å². The predicted molar refractivity (Wildman–Crippen MR) is 111 cm³/mol. The molecule has 0 amide bonds. The van der Waals surface area contributed by atoms with Gasteiger partial charge in [-0.1, -0.05) is 12.1 Å². The van der Waals surface area contributed by atoms with Gasteiger partial charge in [-0.25, -0.2) is 0 Å². The van der Waals surface area contributed by atoms with Gasteiger partial charge in [0, 0.05) is 11.3 Å². The van der Waals surface area contributed by atoms with Gasteiger partial charge in [0.05, 0.1) is 17.9 Å². The maximum atomic E-state index is 5.74. The number of hydrogen-bond donors (Lipinski definition) is 0. The summed E-state index contributed by atoms with van der Waals surface area (Å²) in [6.07, 6.45) is 0.343. The van der Waals surface area contributed by atoms with Crippen LogP contribution in [0.4, 0.5) is 0 Å². The molecule has 0 saturated carbocycles. The van der Waals surface area contributed by atoms with E-state index < -0.39 is 0 Å². The molecule has 0 bridgehead atoms. The molecule has 0 unspecified atom stereocenters. The first-order valence-electron chi connectivity index (χ1n) is 9.43. The van der Waals surface area contributed by atoms with E-state index >= 15 is 0 Å². The topological polar surface area (TPSA) is 31.4 Å². The third-order valence-corrected chi connectivity index (χ3v) is 4.03. The molecule has 0 radical (unpaired) electrons. The summed E-state index contributed by atoms with van der Waals surface area (Å²) in [5.41, 5.74) is 5.33. The maximum Gasteiger partial charge on any atom is 0.119 e. The van der Waals surface area contributed by atoms with Crippen molar-refractivity contribution in [2.24, 2.45) is 0 Å². The lowest BCUT2D eigenvalue weighted by Gasteiger charge is -2.12. The van der Waals surface area contributed by atoms with E-state index in [1.54, 1.807) is 0 Å². The van der Waals surface area contributed by atoms with Crippen LogP contribution in [0, 0.1) is 6.92 Å². The second-order valence-corrected chi connectivity index (χ2v) is 7.26. The summed E-state index contributed by atoms with van der Waals surface area (Å²) in [5, 5.41) is 0. The Morgan fingerprint density at radius 3 is 1.59 bits per heavy atom. The molecule has 27 heavy (non-hydrogen) atoms. The molecule has 0 aliphatic heterocycles. The fourth-order valence-electron chi connectivity index (χ4n) is 2.96. The second kappa shape index (κ2) is 8.26. The SMILES string of the molecule is Cc1cc(-c2ccc(OC(C)C)cc2)cc(-c2ccc(OC(C)C)cc2)n1. The van der Waals surface area contributed by atoms with Crippen LogP contribution in [0.5, 0.6) is 11.5 Å². The number of nitrogens with zero attached hydrogens (tertiary/aromatic N) is 1. The Morgan fingerprint density at radius 2 is 1.11 bits per heavy atom. The molecule has 0 aliphatic rings. The summed E-state index contributed by atoms with van der Waals surface area (Å²) < 4.78 is 11.5. The number of pyridine rings is 1. The maximum absolute atomic E-state index is 5.74. The monoisotopic (exact) mass is 361 g/mol. The van der Waals surface area contributed by atoms with Gasteiger partial charge in [-0.05, 0) is 94.3 Å². The molecule has 0 saturated heterocycles. The molecule has 1 heterocycles. The van der Waals surface area contributed by atoms with Crippen LogP contribution in [0.15, 0.2) is 60.7 Å². The molecule has 1 aromatic heterocycles. The van der Waals surface area contributed by atoms with Crippen LogP contribution in [0.3, 0.4) is 0 Å². The molecule has 2 aromatic carbocycles. The number of aromatic nitrogens is 1. The highest BCUT2D eigenvalue weighted by Gasteiger charge is 2.07. The number of ether oxygens (including phenoxy) is 2. The number of aryl methyl sites for hydroxylation is 1. The Bertz CT molecular complexity index is 810. The summed E-state index contributed by atoms with van der Waals surface area (Å²) in [7, 11) is 0. The standard InChI is InChI=1S/C24H27NO2/c1-16(2)26-22-10-6-19(7-11-22)21-14-18(5)25-24(15-21)20-8-12-23(13-9-20)27-17(3)4/h6-17H,1-5H3. The molecule has 0 aliphatic carbocycles. The van der Waals surface area contributed by atoms with Crippen molar-refractivity contribution in [3.05, 3.63) is 66.4 Å². The molecule has 3 heteroatoms. The lowest BCUT2D eigenvalue weighted by molar-refractivity contribution is 0.242. The zero-order valence-electron chi connectivity index (χ0n) is 16.7. The normalized spacial score (nSPS) is 11.1. The molecular weight excluding hydrogens is 334 g/mol. The van der Waals surface area contributed by atoms with Gasteiger partial charge >= 0.3 is 0 Å². The van der Waals surface area contributed by atoms with Crippen molar-refractivity contribution >= 4 is 0 Å². The Hall–Kier alpha value is -2.81. The zero-order chi connectivity index (χ0) is 19.4. The van der Waals surface area contributed by atoms with Crippen molar-refractivity contribution in [2.45, 2.75) is 46.8 Å². The molecule has 3 nitrogen and oxygen atoms in total. The lowest BCUT2D eigenvalue weighted by Crippen LogP contribution is -2.05. The third kappa shape index (κ3) is 5.10. The minimum atomic E-state index is 0.169. The summed E-state index contributed by atoms with van der Waals surface area (Å²) in [4.78, 5) is 4.71. The Kier molecular flexibility index (Phi) is 5.80. The first-order chi connectivity index (χ1) is 12.9. The Morgan fingerprint density at radius 1 is 0.630 bits per heavy atom. The van der Waals surface area contributed by atoms with Crippen LogP contribution >= 0.6 is 0 Å². The van der Waals surface area contributed by atoms with Gasteiger partial charge in [0.15, 0.2) is 0 Å². The first kappa shape index (κ1) is 19.0. The highest BCUT2D eigenvalue weighted by molar-refractivity contribution is 5.71. The molecule has 3 aromatic rings. The second-order valence-electron chi connectivity index (χ2n) is 7.26. The molecule has 3 rings (SSSR count). The van der Waals surface area contributed by atoms with Crippen LogP contribution < -0.4 is 9.47 Å². The van der Waals surface area contributed by atoms with Gasteiger partial charge in [0.25, 0.3) is 0 Å². The summed E-state index contributed by atoms with van der Waals surface area (Å²) in [5.74, 6) is 1.77. The average Bonchev–Trinajstić information content (AvgIpc) is 2.61. The van der Waals surface area contributed by atoms with Crippen LogP contribution in [0.25, 0.3) is 22.4 Å². The molecule has 0 atom stereocenters. The van der Waals surface area contributed by atoms with Crippen molar-refractivity contribution in [3.63, 3.8) is 0 Å². The van der Waals surface area contributed by atoms with E-state index in [0.717, 1.165) is 39.6 Å². The predicted octanol–water partition coefficient (Wildman–Crippen LogP) is 6.30. The fraction of sp³-hybridized carbons (Fsp3) is 0.292. The van der Waals surface area contributed by atoms with Gasteiger partial charge < -0.3 is 9.47 Å². The van der Waals surface area contributed by atoms with Crippen molar-refractivity contribution < 1.29 is 9.47 Å². The molecule has 0 N–H and O–H groups in total. The highest BCUT2D eigenvalue weighted by Crippen LogP contribution is 2.28. The molecular formula is C24H27NO2. The Balaban J connectivity index is 1.88. The van der Waals surface area contributed by atoms with Crippen molar-refractivity contribution in [1.29, 1.82) is 0 Å². The first-order valence-corrected chi connectivity index (χ1v) is 9.43. The van der Waals surface area contributed by atoms with Gasteiger partial charge in [-0.15, -0.1) is 0 Å². The van der Waals surface area contributed by atoms with Crippen LogP contribution in [-0.2, 0) is 0 Å². The van der Waals surface area contributed by atoms with Crippen molar-refractivity contribution in [3.8, 4) is 33.9 Å². The zero-order valence-corrected chi connectivity index (χ0v) is 16.7. The number of hydrogen-bond acceptors (Lipinski definition) is 3. The van der Waals surface area contributed by atoms with Crippen molar-refractivity contribution in [2.75, 3.05) is 0 Å². The molecule has 0 fully saturated rings. The van der Waals surface area contributed by atoms with Gasteiger partial charge in [-0.2, -0.15) is 0 Å². The van der Waals surface area contributed by atoms with E-state index in [9.17, 15) is 0 Å². The average molecular weight is 361 g/mol. The fourth-order valence-corrected chi connectivity index (χ4v) is 2.96. The quantitative estimate of drug-likeness (QED) is 0.516. The molecule has 140 valence electrons. The lowest BCUT2D eigenvalue weighted by atomic mass is 10.0. The van der Waals surface area contributed by atoms with E-state index in [1.807, 2.05) is 58.9 Å². The third-order valence-electron chi connectivity index (χ3n) is 4.03. The van der Waals surface area contributed by atoms with E-state index in [2.05, 4.69) is 36.4 Å². The summed E-state index contributed by atoms with van der Waals surface area (Å²) in [6, 6.07) is 20.6. The van der Waals surface area contributed by atoms with E-state index in [1.165, 1.54) is 0 Å². The van der Waals surface area contributed by atoms with Crippen LogP contribution in [-0.4, -0.2) is 17.2 Å². The van der Waals surface area contributed by atoms with E-state index in [4.69, 9.17) is 14.5 Å². The number of benzene rings is 2. The van der Waals surface area contributed by atoms with Gasteiger partial charge in [-0.3, -0.25) is 4.98 Å². The number of rotatable bonds is 6. The Labute approximate surface area is 162 Å². The van der Waals surface area contributed by atoms with Gasteiger partial charge in [0.2, 0.25) is 0 Å². The highest BCUT2D eigenvalue weighted by atomic mass is 16.5. The minimum absolute atomic E-state index is 0.169.